The van der Waals surface area contributed by atoms with Crippen molar-refractivity contribution < 1.29 is 14.5 Å². The molecule has 3 aromatic rings. The van der Waals surface area contributed by atoms with Gasteiger partial charge in [0.1, 0.15) is 0 Å². The van der Waals surface area contributed by atoms with Gasteiger partial charge in [-0.25, -0.2) is 0 Å². The van der Waals surface area contributed by atoms with Gasteiger partial charge in [-0.1, -0.05) is 25.1 Å². The van der Waals surface area contributed by atoms with Gasteiger partial charge >= 0.3 is 7.12 Å². The highest BCUT2D eigenvalue weighted by Gasteiger charge is 2.29. The third kappa shape index (κ3) is 3.59. The molecule has 28 heavy (non-hydrogen) atoms. The summed E-state index contributed by atoms with van der Waals surface area (Å²) >= 11 is 0. The molecule has 7 heteroatoms. The molecule has 2 aromatic carbocycles. The number of fused-ring (bicyclic) bond motifs is 2. The lowest BCUT2D eigenvalue weighted by Crippen LogP contribution is -2.31. The summed E-state index contributed by atoms with van der Waals surface area (Å²) in [5.41, 5.74) is 4.83. The van der Waals surface area contributed by atoms with Gasteiger partial charge in [0.05, 0.1) is 6.61 Å². The van der Waals surface area contributed by atoms with Crippen molar-refractivity contribution >= 4 is 35.1 Å². The summed E-state index contributed by atoms with van der Waals surface area (Å²) in [6.07, 6.45) is 1.53. The maximum Gasteiger partial charge on any atom is 0.492 e. The van der Waals surface area contributed by atoms with Crippen LogP contribution in [0.4, 0.5) is 5.69 Å². The van der Waals surface area contributed by atoms with Crippen LogP contribution in [-0.2, 0) is 28.9 Å². The number of nitrogens with one attached hydrogen (secondary N) is 2. The number of aromatic nitrogens is 1. The number of rotatable bonds is 5. The van der Waals surface area contributed by atoms with Crippen LogP contribution >= 0.6 is 0 Å². The van der Waals surface area contributed by atoms with Crippen molar-refractivity contribution in [1.29, 1.82) is 0 Å². The maximum absolute atomic E-state index is 12.4. The fourth-order valence-corrected chi connectivity index (χ4v) is 3.62. The minimum absolute atomic E-state index is 0.0597. The number of H-pyrrole nitrogens is 1. The van der Waals surface area contributed by atoms with E-state index in [9.17, 15) is 14.6 Å². The van der Waals surface area contributed by atoms with Crippen LogP contribution in [0.25, 0.3) is 10.9 Å². The number of carbonyl (C=O) groups is 1. The van der Waals surface area contributed by atoms with E-state index in [0.29, 0.717) is 24.1 Å². The van der Waals surface area contributed by atoms with Gasteiger partial charge in [-0.3, -0.25) is 9.59 Å². The van der Waals surface area contributed by atoms with E-state index in [-0.39, 0.29) is 17.8 Å². The van der Waals surface area contributed by atoms with E-state index in [0.717, 1.165) is 34.2 Å². The predicted molar refractivity (Wildman–Crippen MR) is 110 cm³/mol. The summed E-state index contributed by atoms with van der Waals surface area (Å²) in [6, 6.07) is 12.6. The Bertz CT molecular complexity index is 1110. The molecule has 1 amide bonds. The fourth-order valence-electron chi connectivity index (χ4n) is 3.62. The molecule has 1 aliphatic rings. The van der Waals surface area contributed by atoms with Crippen molar-refractivity contribution in [3.8, 4) is 0 Å². The molecule has 0 radical (unpaired) electrons. The topological polar surface area (TPSA) is 91.4 Å². The molecule has 3 N–H and O–H groups in total. The number of anilines is 1. The number of pyridine rings is 1. The monoisotopic (exact) mass is 376 g/mol. The first kappa shape index (κ1) is 18.5. The van der Waals surface area contributed by atoms with E-state index >= 15 is 0 Å². The predicted octanol–water partition coefficient (Wildman–Crippen LogP) is 1.88. The number of aryl methyl sites for hydroxylation is 2. The van der Waals surface area contributed by atoms with Crippen molar-refractivity contribution in [2.75, 3.05) is 5.32 Å². The molecule has 1 aromatic heterocycles. The second kappa shape index (κ2) is 7.62. The van der Waals surface area contributed by atoms with E-state index in [4.69, 9.17) is 4.65 Å². The molecule has 0 saturated carbocycles. The molecule has 0 spiro atoms. The molecule has 0 bridgehead atoms. The lowest BCUT2D eigenvalue weighted by molar-refractivity contribution is -0.116. The van der Waals surface area contributed by atoms with E-state index in [1.54, 1.807) is 18.2 Å². The lowest BCUT2D eigenvalue weighted by Gasteiger charge is -2.10. The van der Waals surface area contributed by atoms with Crippen molar-refractivity contribution in [3.05, 3.63) is 69.5 Å². The van der Waals surface area contributed by atoms with E-state index in [2.05, 4.69) is 10.3 Å². The summed E-state index contributed by atoms with van der Waals surface area (Å²) in [5, 5.41) is 13.4. The molecular weight excluding hydrogens is 355 g/mol. The molecule has 0 unspecified atom stereocenters. The first-order valence-electron chi connectivity index (χ1n) is 9.41. The SMILES string of the molecule is CCc1cc(=O)c2cc(NC(=O)CCc3cccc4c3B(O)OC4)ccc2[nH]1. The Morgan fingerprint density at radius 3 is 2.96 bits per heavy atom. The third-order valence-electron chi connectivity index (χ3n) is 5.10. The molecule has 142 valence electrons. The number of carbonyl (C=O) groups excluding carboxylic acids is 1. The van der Waals surface area contributed by atoms with Gasteiger partial charge < -0.3 is 20.0 Å². The smallest absolute Gasteiger partial charge is 0.423 e. The van der Waals surface area contributed by atoms with Crippen molar-refractivity contribution in [1.82, 2.24) is 4.98 Å². The average molecular weight is 376 g/mol. The highest BCUT2D eigenvalue weighted by atomic mass is 16.5. The average Bonchev–Trinajstić information content (AvgIpc) is 3.08. The number of hydrogen-bond acceptors (Lipinski definition) is 4. The van der Waals surface area contributed by atoms with Crippen molar-refractivity contribution in [2.45, 2.75) is 32.8 Å². The van der Waals surface area contributed by atoms with Crippen LogP contribution in [0.2, 0.25) is 0 Å². The Kier molecular flexibility index (Phi) is 5.02. The summed E-state index contributed by atoms with van der Waals surface area (Å²) < 4.78 is 5.26. The van der Waals surface area contributed by atoms with Gasteiger partial charge in [0.2, 0.25) is 5.91 Å². The molecule has 1 aliphatic heterocycles. The van der Waals surface area contributed by atoms with E-state index in [1.165, 1.54) is 0 Å². The lowest BCUT2D eigenvalue weighted by atomic mass is 9.75. The van der Waals surface area contributed by atoms with Crippen LogP contribution in [0, 0.1) is 0 Å². The fraction of sp³-hybridized carbons (Fsp3) is 0.238. The van der Waals surface area contributed by atoms with Gasteiger partial charge in [-0.15, -0.1) is 0 Å². The van der Waals surface area contributed by atoms with Crippen LogP contribution in [-0.4, -0.2) is 23.0 Å². The number of amides is 1. The van der Waals surface area contributed by atoms with E-state index < -0.39 is 7.12 Å². The largest absolute Gasteiger partial charge is 0.492 e. The summed E-state index contributed by atoms with van der Waals surface area (Å²) in [7, 11) is -0.922. The Hall–Kier alpha value is -2.90. The Balaban J connectivity index is 1.47. The first-order chi connectivity index (χ1) is 13.5. The zero-order valence-electron chi connectivity index (χ0n) is 15.6. The highest BCUT2D eigenvalue weighted by molar-refractivity contribution is 6.62. The molecule has 0 aliphatic carbocycles. The van der Waals surface area contributed by atoms with Gasteiger partial charge in [-0.2, -0.15) is 0 Å². The van der Waals surface area contributed by atoms with Gasteiger partial charge in [0, 0.05) is 34.8 Å². The molecule has 6 nitrogen and oxygen atoms in total. The minimum atomic E-state index is -0.922. The second-order valence-electron chi connectivity index (χ2n) is 6.97. The molecule has 0 fully saturated rings. The zero-order chi connectivity index (χ0) is 19.7. The van der Waals surface area contributed by atoms with Crippen LogP contribution in [0.3, 0.4) is 0 Å². The summed E-state index contributed by atoms with van der Waals surface area (Å²) in [6.45, 7) is 2.38. The standard InChI is InChI=1S/C21H21BN2O4/c1-2-15-11-19(25)17-10-16(7-8-18(17)23-15)24-20(26)9-6-13-4-3-5-14-12-28-22(27)21(13)14/h3-5,7-8,10-11,27H,2,6,9,12H2,1H3,(H,23,25)(H,24,26). The summed E-state index contributed by atoms with van der Waals surface area (Å²) in [5.74, 6) is -0.146. The Labute approximate surface area is 162 Å². The van der Waals surface area contributed by atoms with Crippen LogP contribution in [0.1, 0.15) is 30.2 Å². The number of aromatic amines is 1. The highest BCUT2D eigenvalue weighted by Crippen LogP contribution is 2.17. The number of benzene rings is 2. The second-order valence-corrected chi connectivity index (χ2v) is 6.97. The van der Waals surface area contributed by atoms with Gasteiger partial charge in [0.25, 0.3) is 0 Å². The van der Waals surface area contributed by atoms with E-state index in [1.807, 2.05) is 31.2 Å². The molecular formula is C21H21BN2O4. The zero-order valence-corrected chi connectivity index (χ0v) is 15.6. The maximum atomic E-state index is 12.4. The normalized spacial score (nSPS) is 13.0. The molecule has 2 heterocycles. The van der Waals surface area contributed by atoms with Gasteiger partial charge in [0.15, 0.2) is 5.43 Å². The molecule has 0 atom stereocenters. The van der Waals surface area contributed by atoms with Crippen LogP contribution in [0.15, 0.2) is 47.3 Å². The first-order valence-corrected chi connectivity index (χ1v) is 9.41. The quantitative estimate of drug-likeness (QED) is 0.593. The molecule has 4 rings (SSSR count). The third-order valence-corrected chi connectivity index (χ3v) is 5.10. The van der Waals surface area contributed by atoms with Gasteiger partial charge in [-0.05, 0) is 47.6 Å². The Morgan fingerprint density at radius 2 is 2.14 bits per heavy atom. The minimum Gasteiger partial charge on any atom is -0.423 e. The van der Waals surface area contributed by atoms with Crippen LogP contribution in [0.5, 0.6) is 0 Å². The van der Waals surface area contributed by atoms with Crippen molar-refractivity contribution in [3.63, 3.8) is 0 Å². The summed E-state index contributed by atoms with van der Waals surface area (Å²) in [4.78, 5) is 27.9. The van der Waals surface area contributed by atoms with Crippen LogP contribution < -0.4 is 16.2 Å². The number of hydrogen-bond donors (Lipinski definition) is 3. The Morgan fingerprint density at radius 1 is 1.29 bits per heavy atom. The molecule has 0 saturated heterocycles. The van der Waals surface area contributed by atoms with Crippen molar-refractivity contribution in [2.24, 2.45) is 0 Å².